The van der Waals surface area contributed by atoms with E-state index in [4.69, 9.17) is 0 Å². The minimum atomic E-state index is -0.523. The molecule has 0 spiro atoms. The van der Waals surface area contributed by atoms with Crippen molar-refractivity contribution in [3.63, 3.8) is 0 Å². The molecule has 0 saturated heterocycles. The van der Waals surface area contributed by atoms with Gasteiger partial charge in [0.2, 0.25) is 0 Å². The Morgan fingerprint density at radius 2 is 1.69 bits per heavy atom. The maximum Gasteiger partial charge on any atom is 0.298 e. The molecule has 1 rings (SSSR count). The van der Waals surface area contributed by atoms with Gasteiger partial charge in [-0.2, -0.15) is 0 Å². The highest BCUT2D eigenvalue weighted by atomic mass is 35.5. The fourth-order valence-electron chi connectivity index (χ4n) is 0.702. The molecule has 1 aromatic carbocycles. The van der Waals surface area contributed by atoms with Gasteiger partial charge in [-0.15, -0.1) is 11.6 Å². The monoisotopic (exact) mass is 247 g/mol. The van der Waals surface area contributed by atoms with Crippen LogP contribution in [0.3, 0.4) is 0 Å². The normalized spacial score (nSPS) is 7.50. The Morgan fingerprint density at radius 1 is 1.25 bits per heavy atom. The third-order valence-corrected chi connectivity index (χ3v) is 1.23. The van der Waals surface area contributed by atoms with Gasteiger partial charge in [-0.3, -0.25) is 14.9 Å². The molecule has 0 aliphatic carbocycles. The molecule has 5 nitrogen and oxygen atoms in total. The SMILES string of the molecule is CC.CCl.O=COc1ccc([N+](=O)[O-])cc1. The molecule has 0 aliphatic rings. The van der Waals surface area contributed by atoms with E-state index in [1.807, 2.05) is 13.8 Å². The van der Waals surface area contributed by atoms with E-state index < -0.39 is 4.92 Å². The summed E-state index contributed by atoms with van der Waals surface area (Å²) in [7, 11) is 0. The fourth-order valence-corrected chi connectivity index (χ4v) is 0.702. The molecule has 0 amide bonds. The van der Waals surface area contributed by atoms with Crippen LogP contribution in [0.15, 0.2) is 24.3 Å². The molecule has 0 fully saturated rings. The van der Waals surface area contributed by atoms with Crippen LogP contribution in [0.4, 0.5) is 5.69 Å². The Bertz CT molecular complexity index is 300. The Balaban J connectivity index is 0. The summed E-state index contributed by atoms with van der Waals surface area (Å²) in [6, 6.07) is 5.23. The van der Waals surface area contributed by atoms with Crippen LogP contribution >= 0.6 is 11.6 Å². The van der Waals surface area contributed by atoms with Crippen molar-refractivity contribution in [2.75, 3.05) is 6.38 Å². The Kier molecular flexibility index (Phi) is 12.0. The lowest BCUT2D eigenvalue weighted by atomic mass is 10.3. The van der Waals surface area contributed by atoms with E-state index in [2.05, 4.69) is 16.3 Å². The number of non-ortho nitro benzene ring substituents is 1. The Labute approximate surface area is 99.1 Å². The molecule has 0 aromatic heterocycles. The number of nitro benzene ring substituents is 1. The van der Waals surface area contributed by atoms with E-state index in [-0.39, 0.29) is 17.9 Å². The van der Waals surface area contributed by atoms with Gasteiger partial charge in [0, 0.05) is 18.5 Å². The van der Waals surface area contributed by atoms with Gasteiger partial charge in [-0.25, -0.2) is 0 Å². The number of carbonyl (C=O) groups is 1. The third-order valence-electron chi connectivity index (χ3n) is 1.23. The molecule has 0 N–H and O–H groups in total. The highest BCUT2D eigenvalue weighted by Gasteiger charge is 2.03. The van der Waals surface area contributed by atoms with Crippen molar-refractivity contribution in [2.24, 2.45) is 0 Å². The number of halogens is 1. The molecule has 90 valence electrons. The molecule has 0 aliphatic heterocycles. The lowest BCUT2D eigenvalue weighted by molar-refractivity contribution is -0.384. The number of carbonyl (C=O) groups excluding carboxylic acids is 1. The van der Waals surface area contributed by atoms with Crippen LogP contribution in [0, 0.1) is 10.1 Å². The van der Waals surface area contributed by atoms with Crippen LogP contribution in [-0.4, -0.2) is 17.8 Å². The third kappa shape index (κ3) is 6.78. The smallest absolute Gasteiger partial charge is 0.298 e. The first-order chi connectivity index (χ1) is 7.74. The van der Waals surface area contributed by atoms with Crippen LogP contribution in [-0.2, 0) is 4.79 Å². The van der Waals surface area contributed by atoms with E-state index in [0.29, 0.717) is 0 Å². The first-order valence-electron chi connectivity index (χ1n) is 4.46. The topological polar surface area (TPSA) is 69.4 Å². The number of rotatable bonds is 3. The van der Waals surface area contributed by atoms with Crippen molar-refractivity contribution in [1.82, 2.24) is 0 Å². The van der Waals surface area contributed by atoms with Crippen molar-refractivity contribution >= 4 is 23.8 Å². The summed E-state index contributed by atoms with van der Waals surface area (Å²) in [4.78, 5) is 19.5. The van der Waals surface area contributed by atoms with Gasteiger partial charge in [0.25, 0.3) is 12.2 Å². The average molecular weight is 248 g/mol. The van der Waals surface area contributed by atoms with Crippen molar-refractivity contribution in [3.05, 3.63) is 34.4 Å². The molecule has 0 unspecified atom stereocenters. The van der Waals surface area contributed by atoms with Gasteiger partial charge in [0.15, 0.2) is 0 Å². The lowest BCUT2D eigenvalue weighted by Gasteiger charge is -1.94. The zero-order valence-corrected chi connectivity index (χ0v) is 10.1. The van der Waals surface area contributed by atoms with Crippen molar-refractivity contribution in [3.8, 4) is 5.75 Å². The van der Waals surface area contributed by atoms with Crippen LogP contribution in [0.25, 0.3) is 0 Å². The number of nitro groups is 1. The largest absolute Gasteiger partial charge is 0.429 e. The van der Waals surface area contributed by atoms with E-state index in [1.54, 1.807) is 0 Å². The van der Waals surface area contributed by atoms with Crippen LogP contribution < -0.4 is 4.74 Å². The van der Waals surface area contributed by atoms with E-state index in [9.17, 15) is 14.9 Å². The second kappa shape index (κ2) is 11.5. The summed E-state index contributed by atoms with van der Waals surface area (Å²) in [6.07, 6.45) is 1.47. The van der Waals surface area contributed by atoms with Gasteiger partial charge in [-0.1, -0.05) is 13.8 Å². The lowest BCUT2D eigenvalue weighted by Crippen LogP contribution is -1.90. The zero-order chi connectivity index (χ0) is 13.0. The van der Waals surface area contributed by atoms with Gasteiger partial charge in [-0.05, 0) is 12.1 Å². The number of hydrogen-bond donors (Lipinski definition) is 0. The summed E-state index contributed by atoms with van der Waals surface area (Å²) in [5, 5.41) is 10.2. The first-order valence-corrected chi connectivity index (χ1v) is 5.22. The van der Waals surface area contributed by atoms with Crippen molar-refractivity contribution in [1.29, 1.82) is 0 Å². The van der Waals surface area contributed by atoms with Crippen LogP contribution in [0.1, 0.15) is 13.8 Å². The highest BCUT2D eigenvalue weighted by Crippen LogP contribution is 2.16. The minimum Gasteiger partial charge on any atom is -0.429 e. The van der Waals surface area contributed by atoms with Crippen LogP contribution in [0.5, 0.6) is 5.75 Å². The molecule has 6 heteroatoms. The number of benzene rings is 1. The minimum absolute atomic E-state index is 0.0340. The van der Waals surface area contributed by atoms with E-state index in [1.165, 1.54) is 30.6 Å². The van der Waals surface area contributed by atoms with Gasteiger partial charge in [0.1, 0.15) is 5.75 Å². The summed E-state index contributed by atoms with van der Waals surface area (Å²) >= 11 is 4.64. The van der Waals surface area contributed by atoms with E-state index >= 15 is 0 Å². The molecule has 16 heavy (non-hydrogen) atoms. The Hall–Kier alpha value is -1.62. The summed E-state index contributed by atoms with van der Waals surface area (Å²) in [5.41, 5.74) is -0.0340. The number of alkyl halides is 1. The van der Waals surface area contributed by atoms with Gasteiger partial charge in [0.05, 0.1) is 4.92 Å². The van der Waals surface area contributed by atoms with Gasteiger partial charge < -0.3 is 4.74 Å². The number of hydrogen-bond acceptors (Lipinski definition) is 4. The quantitative estimate of drug-likeness (QED) is 0.356. The van der Waals surface area contributed by atoms with E-state index in [0.717, 1.165) is 0 Å². The van der Waals surface area contributed by atoms with Crippen molar-refractivity contribution in [2.45, 2.75) is 13.8 Å². The maximum atomic E-state index is 10.2. The number of ether oxygens (including phenoxy) is 1. The first kappa shape index (κ1) is 16.8. The molecule has 1 aromatic rings. The molecule has 0 bridgehead atoms. The number of nitrogens with zero attached hydrogens (tertiary/aromatic N) is 1. The predicted molar refractivity (Wildman–Crippen MR) is 62.9 cm³/mol. The zero-order valence-electron chi connectivity index (χ0n) is 9.34. The maximum absolute atomic E-state index is 10.2. The van der Waals surface area contributed by atoms with Crippen molar-refractivity contribution < 1.29 is 14.5 Å². The van der Waals surface area contributed by atoms with Gasteiger partial charge >= 0.3 is 0 Å². The predicted octanol–water partition coefficient (Wildman–Crippen LogP) is 3.01. The van der Waals surface area contributed by atoms with Crippen LogP contribution in [0.2, 0.25) is 0 Å². The summed E-state index contributed by atoms with van der Waals surface area (Å²) < 4.78 is 4.44. The second-order valence-electron chi connectivity index (χ2n) is 1.97. The average Bonchev–Trinajstić information content (AvgIpc) is 2.35. The Morgan fingerprint density at radius 3 is 2.00 bits per heavy atom. The summed E-state index contributed by atoms with van der Waals surface area (Å²) in [6.45, 7) is 4.27. The second-order valence-corrected chi connectivity index (χ2v) is 1.97. The molecule has 0 heterocycles. The summed E-state index contributed by atoms with van der Waals surface area (Å²) in [5.74, 6) is 0.288. The highest BCUT2D eigenvalue weighted by molar-refractivity contribution is 6.15. The molecular weight excluding hydrogens is 234 g/mol. The molecular formula is C10H14ClNO4. The fraction of sp³-hybridized carbons (Fsp3) is 0.300. The molecule has 0 saturated carbocycles. The molecule has 0 atom stereocenters. The standard InChI is InChI=1S/C7H5NO4.C2H6.CH3Cl/c9-5-12-7-3-1-6(2-4-7)8(10)11;2*1-2/h1-5H;1-2H3;1H3. The molecule has 0 radical (unpaired) electrons.